The predicted molar refractivity (Wildman–Crippen MR) is 129 cm³/mol. The minimum Gasteiger partial charge on any atom is -0.359 e. The van der Waals surface area contributed by atoms with Crippen LogP contribution in [0.4, 0.5) is 0 Å². The van der Waals surface area contributed by atoms with E-state index in [0.717, 1.165) is 25.9 Å². The molecule has 32 heavy (non-hydrogen) atoms. The Labute approximate surface area is 194 Å². The quantitative estimate of drug-likeness (QED) is 0.126. The Morgan fingerprint density at radius 3 is 1.47 bits per heavy atom. The monoisotopic (exact) mass is 445 g/mol. The lowest BCUT2D eigenvalue weighted by Gasteiger charge is -2.13. The number of benzene rings is 1. The number of hydrogen-bond acceptors (Lipinski definition) is 4. The predicted octanol–water partition coefficient (Wildman–Crippen LogP) is 6.75. The second kappa shape index (κ2) is 16.8. The fraction of sp³-hybridized carbons (Fsp3) is 0.704. The maximum atomic E-state index is 12.3. The van der Waals surface area contributed by atoms with E-state index < -0.39 is 0 Å². The van der Waals surface area contributed by atoms with E-state index in [1.807, 2.05) is 12.1 Å². The summed E-state index contributed by atoms with van der Waals surface area (Å²) in [6.45, 7) is 1.78. The van der Waals surface area contributed by atoms with E-state index in [2.05, 4.69) is 0 Å². The SMILES string of the molecule is COCOCCCCCCCCCCCCCCCCCN1C(=O)c2ccccc2C1=O. The molecule has 0 aromatic heterocycles. The number of fused-ring (bicyclic) bond motifs is 1. The van der Waals surface area contributed by atoms with Crippen LogP contribution < -0.4 is 0 Å². The van der Waals surface area contributed by atoms with Crippen LogP contribution in [0.1, 0.15) is 117 Å². The molecular formula is C27H43NO4. The summed E-state index contributed by atoms with van der Waals surface area (Å²) in [4.78, 5) is 26.1. The minimum absolute atomic E-state index is 0.127. The molecule has 1 aromatic carbocycles. The summed E-state index contributed by atoms with van der Waals surface area (Å²) in [5.41, 5.74) is 1.11. The van der Waals surface area contributed by atoms with Crippen molar-refractivity contribution in [2.45, 2.75) is 96.3 Å². The van der Waals surface area contributed by atoms with E-state index in [1.54, 1.807) is 19.2 Å². The number of carbonyl (C=O) groups is 2. The molecule has 1 aliphatic rings. The number of amides is 2. The molecule has 0 aliphatic carbocycles. The van der Waals surface area contributed by atoms with Crippen LogP contribution in [0.3, 0.4) is 0 Å². The minimum atomic E-state index is -0.127. The zero-order valence-electron chi connectivity index (χ0n) is 20.1. The van der Waals surface area contributed by atoms with Gasteiger partial charge in [0.2, 0.25) is 0 Å². The topological polar surface area (TPSA) is 55.8 Å². The van der Waals surface area contributed by atoms with Gasteiger partial charge in [0.1, 0.15) is 6.79 Å². The first kappa shape index (κ1) is 26.5. The Kier molecular flexibility index (Phi) is 14.0. The Morgan fingerprint density at radius 1 is 0.625 bits per heavy atom. The van der Waals surface area contributed by atoms with E-state index in [-0.39, 0.29) is 11.8 Å². The molecule has 0 saturated heterocycles. The molecule has 0 saturated carbocycles. The highest BCUT2D eigenvalue weighted by atomic mass is 16.7. The van der Waals surface area contributed by atoms with Crippen molar-refractivity contribution in [1.29, 1.82) is 0 Å². The number of methoxy groups -OCH3 is 1. The maximum Gasteiger partial charge on any atom is 0.261 e. The van der Waals surface area contributed by atoms with Gasteiger partial charge < -0.3 is 9.47 Å². The summed E-state index contributed by atoms with van der Waals surface area (Å²) in [6.07, 6.45) is 19.0. The van der Waals surface area contributed by atoms with Gasteiger partial charge in [-0.05, 0) is 25.0 Å². The van der Waals surface area contributed by atoms with Gasteiger partial charge in [-0.2, -0.15) is 0 Å². The number of imide groups is 1. The summed E-state index contributed by atoms with van der Waals surface area (Å²) < 4.78 is 10.2. The van der Waals surface area contributed by atoms with Gasteiger partial charge >= 0.3 is 0 Å². The van der Waals surface area contributed by atoms with Crippen LogP contribution in [0.5, 0.6) is 0 Å². The molecule has 180 valence electrons. The molecule has 0 unspecified atom stereocenters. The number of hydrogen-bond donors (Lipinski definition) is 0. The lowest BCUT2D eigenvalue weighted by atomic mass is 10.0. The van der Waals surface area contributed by atoms with Crippen LogP contribution in [0, 0.1) is 0 Å². The number of nitrogens with zero attached hydrogens (tertiary/aromatic N) is 1. The maximum absolute atomic E-state index is 12.3. The lowest BCUT2D eigenvalue weighted by molar-refractivity contribution is -0.0315. The molecular weight excluding hydrogens is 402 g/mol. The van der Waals surface area contributed by atoms with Gasteiger partial charge in [0, 0.05) is 20.3 Å². The molecule has 0 fully saturated rings. The van der Waals surface area contributed by atoms with Crippen molar-refractivity contribution in [1.82, 2.24) is 4.90 Å². The first-order chi connectivity index (χ1) is 15.8. The van der Waals surface area contributed by atoms with Gasteiger partial charge in [-0.25, -0.2) is 0 Å². The summed E-state index contributed by atoms with van der Waals surface area (Å²) in [5, 5.41) is 0. The molecule has 5 heteroatoms. The van der Waals surface area contributed by atoms with Crippen molar-refractivity contribution < 1.29 is 19.1 Å². The Hall–Kier alpha value is -1.72. The summed E-state index contributed by atoms with van der Waals surface area (Å²) in [5.74, 6) is -0.253. The lowest BCUT2D eigenvalue weighted by Crippen LogP contribution is -2.30. The van der Waals surface area contributed by atoms with Gasteiger partial charge in [-0.1, -0.05) is 95.6 Å². The molecule has 0 N–H and O–H groups in total. The summed E-state index contributed by atoms with van der Waals surface area (Å²) in [7, 11) is 1.66. The van der Waals surface area contributed by atoms with Crippen molar-refractivity contribution in [2.24, 2.45) is 0 Å². The molecule has 5 nitrogen and oxygen atoms in total. The van der Waals surface area contributed by atoms with E-state index in [4.69, 9.17) is 9.47 Å². The van der Waals surface area contributed by atoms with Crippen LogP contribution in [0.15, 0.2) is 24.3 Å². The third kappa shape index (κ3) is 9.83. The molecule has 1 aliphatic heterocycles. The first-order valence-electron chi connectivity index (χ1n) is 12.8. The van der Waals surface area contributed by atoms with Crippen LogP contribution in [-0.2, 0) is 9.47 Å². The standard InChI is InChI=1S/C27H43NO4/c1-31-23-32-22-18-14-12-10-8-6-4-2-3-5-7-9-11-13-17-21-28-26(29)24-19-15-16-20-25(24)27(28)30/h15-16,19-20H,2-14,17-18,21-23H2,1H3. The van der Waals surface area contributed by atoms with E-state index in [1.165, 1.54) is 81.9 Å². The second-order valence-electron chi connectivity index (χ2n) is 8.93. The fourth-order valence-electron chi connectivity index (χ4n) is 4.36. The smallest absolute Gasteiger partial charge is 0.261 e. The van der Waals surface area contributed by atoms with Crippen LogP contribution in [0.25, 0.3) is 0 Å². The molecule has 1 aromatic rings. The average molecular weight is 446 g/mol. The zero-order chi connectivity index (χ0) is 22.9. The van der Waals surface area contributed by atoms with Crippen LogP contribution in [-0.4, -0.2) is 43.8 Å². The van der Waals surface area contributed by atoms with Gasteiger partial charge in [-0.3, -0.25) is 14.5 Å². The van der Waals surface area contributed by atoms with E-state index in [0.29, 0.717) is 24.5 Å². The van der Waals surface area contributed by atoms with Crippen molar-refractivity contribution >= 4 is 11.8 Å². The van der Waals surface area contributed by atoms with Crippen molar-refractivity contribution in [2.75, 3.05) is 27.1 Å². The largest absolute Gasteiger partial charge is 0.359 e. The normalized spacial score (nSPS) is 13.2. The first-order valence-corrected chi connectivity index (χ1v) is 12.8. The Bertz CT molecular complexity index is 626. The summed E-state index contributed by atoms with van der Waals surface area (Å²) in [6, 6.07) is 7.13. The van der Waals surface area contributed by atoms with E-state index >= 15 is 0 Å². The third-order valence-electron chi connectivity index (χ3n) is 6.25. The molecule has 2 rings (SSSR count). The fourth-order valence-corrected chi connectivity index (χ4v) is 4.36. The average Bonchev–Trinajstić information content (AvgIpc) is 3.05. The van der Waals surface area contributed by atoms with Crippen molar-refractivity contribution in [3.05, 3.63) is 35.4 Å². The number of ether oxygens (including phenoxy) is 2. The molecule has 1 heterocycles. The number of rotatable bonds is 20. The Balaban J connectivity index is 1.32. The molecule has 0 atom stereocenters. The van der Waals surface area contributed by atoms with Gasteiger partial charge in [-0.15, -0.1) is 0 Å². The number of unbranched alkanes of at least 4 members (excludes halogenated alkanes) is 14. The van der Waals surface area contributed by atoms with Crippen LogP contribution >= 0.6 is 0 Å². The van der Waals surface area contributed by atoms with Gasteiger partial charge in [0.05, 0.1) is 11.1 Å². The third-order valence-corrected chi connectivity index (χ3v) is 6.25. The van der Waals surface area contributed by atoms with Gasteiger partial charge in [0.25, 0.3) is 11.8 Å². The molecule has 0 radical (unpaired) electrons. The Morgan fingerprint density at radius 2 is 1.03 bits per heavy atom. The van der Waals surface area contributed by atoms with E-state index in [9.17, 15) is 9.59 Å². The zero-order valence-corrected chi connectivity index (χ0v) is 20.1. The molecule has 2 amide bonds. The second-order valence-corrected chi connectivity index (χ2v) is 8.93. The molecule has 0 bridgehead atoms. The van der Waals surface area contributed by atoms with Gasteiger partial charge in [0.15, 0.2) is 0 Å². The van der Waals surface area contributed by atoms with Crippen molar-refractivity contribution in [3.63, 3.8) is 0 Å². The summed E-state index contributed by atoms with van der Waals surface area (Å²) >= 11 is 0. The molecule has 0 spiro atoms. The van der Waals surface area contributed by atoms with Crippen molar-refractivity contribution in [3.8, 4) is 0 Å². The van der Waals surface area contributed by atoms with Crippen LogP contribution in [0.2, 0.25) is 0 Å². The number of carbonyl (C=O) groups excluding carboxylic acids is 2. The highest BCUT2D eigenvalue weighted by molar-refractivity contribution is 6.21. The highest BCUT2D eigenvalue weighted by Gasteiger charge is 2.34. The highest BCUT2D eigenvalue weighted by Crippen LogP contribution is 2.23.